The van der Waals surface area contributed by atoms with Gasteiger partial charge in [-0.05, 0) is 48.5 Å². The van der Waals surface area contributed by atoms with Crippen LogP contribution < -0.4 is 14.2 Å². The van der Waals surface area contributed by atoms with E-state index in [1.807, 2.05) is 0 Å². The summed E-state index contributed by atoms with van der Waals surface area (Å²) in [5, 5.41) is 0. The molecule has 3 aromatic rings. The molecular weight excluding hydrogens is 398 g/mol. The van der Waals surface area contributed by atoms with E-state index in [-0.39, 0.29) is 22.9 Å². The molecular formula is C20H17NO7S. The van der Waals surface area contributed by atoms with Crippen molar-refractivity contribution in [2.24, 2.45) is 0 Å². The first kappa shape index (κ1) is 18.9. The van der Waals surface area contributed by atoms with Gasteiger partial charge in [0.1, 0.15) is 5.75 Å². The Morgan fingerprint density at radius 2 is 1.72 bits per heavy atom. The number of methoxy groups -OCH3 is 2. The van der Waals surface area contributed by atoms with Gasteiger partial charge in [0.05, 0.1) is 30.4 Å². The molecule has 0 saturated heterocycles. The fourth-order valence-electron chi connectivity index (χ4n) is 3.08. The average molecular weight is 415 g/mol. The predicted octanol–water partition coefficient (Wildman–Crippen LogP) is 2.92. The van der Waals surface area contributed by atoms with Crippen LogP contribution in [0.5, 0.6) is 17.2 Å². The van der Waals surface area contributed by atoms with Crippen LogP contribution in [0.4, 0.5) is 0 Å². The number of fused-ring (bicyclic) bond motifs is 1. The van der Waals surface area contributed by atoms with Crippen molar-refractivity contribution in [2.75, 3.05) is 21.0 Å². The normalized spacial score (nSPS) is 12.6. The van der Waals surface area contributed by atoms with Gasteiger partial charge in [-0.3, -0.25) is 0 Å². The summed E-state index contributed by atoms with van der Waals surface area (Å²) in [4.78, 5) is 12.3. The van der Waals surface area contributed by atoms with E-state index in [4.69, 9.17) is 18.9 Å². The van der Waals surface area contributed by atoms with E-state index in [2.05, 4.69) is 0 Å². The first-order valence-corrected chi connectivity index (χ1v) is 9.99. The number of ether oxygens (including phenoxy) is 4. The van der Waals surface area contributed by atoms with E-state index in [9.17, 15) is 13.2 Å². The lowest BCUT2D eigenvalue weighted by atomic mass is 10.1. The minimum Gasteiger partial charge on any atom is -0.497 e. The van der Waals surface area contributed by atoms with Crippen LogP contribution in [0.2, 0.25) is 0 Å². The summed E-state index contributed by atoms with van der Waals surface area (Å²) >= 11 is 0. The maximum atomic E-state index is 13.3. The molecule has 2 heterocycles. The molecule has 0 N–H and O–H groups in total. The maximum Gasteiger partial charge on any atom is 0.340 e. The lowest BCUT2D eigenvalue weighted by Crippen LogP contribution is -2.14. The second-order valence-electron chi connectivity index (χ2n) is 6.11. The molecule has 150 valence electrons. The molecule has 1 aliphatic heterocycles. The molecule has 0 unspecified atom stereocenters. The maximum absolute atomic E-state index is 13.3. The molecule has 8 nitrogen and oxygen atoms in total. The molecule has 0 bridgehead atoms. The second kappa shape index (κ2) is 7.17. The molecule has 0 saturated carbocycles. The van der Waals surface area contributed by atoms with Crippen molar-refractivity contribution >= 4 is 16.0 Å². The quantitative estimate of drug-likeness (QED) is 0.592. The number of esters is 1. The van der Waals surface area contributed by atoms with Crippen LogP contribution in [0.1, 0.15) is 10.4 Å². The Morgan fingerprint density at radius 1 is 1.00 bits per heavy atom. The molecule has 0 amide bonds. The number of hydrogen-bond acceptors (Lipinski definition) is 7. The zero-order chi connectivity index (χ0) is 20.6. The number of benzene rings is 2. The summed E-state index contributed by atoms with van der Waals surface area (Å²) in [6.07, 6.45) is 1.33. The Labute approximate surface area is 167 Å². The van der Waals surface area contributed by atoms with Crippen LogP contribution in [-0.4, -0.2) is 39.4 Å². The van der Waals surface area contributed by atoms with Gasteiger partial charge in [0.15, 0.2) is 11.5 Å². The molecule has 4 rings (SSSR count). The van der Waals surface area contributed by atoms with Crippen LogP contribution in [0.25, 0.3) is 11.3 Å². The average Bonchev–Trinajstić information content (AvgIpc) is 3.39. The lowest BCUT2D eigenvalue weighted by molar-refractivity contribution is 0.0602. The second-order valence-corrected chi connectivity index (χ2v) is 7.93. The van der Waals surface area contributed by atoms with E-state index < -0.39 is 16.0 Å². The molecule has 0 fully saturated rings. The molecule has 0 atom stereocenters. The third-order valence-corrected chi connectivity index (χ3v) is 6.21. The molecule has 0 spiro atoms. The van der Waals surface area contributed by atoms with Gasteiger partial charge >= 0.3 is 5.97 Å². The molecule has 0 radical (unpaired) electrons. The largest absolute Gasteiger partial charge is 0.497 e. The Bertz CT molecular complexity index is 1180. The Hall–Kier alpha value is -3.46. The van der Waals surface area contributed by atoms with Gasteiger partial charge in [-0.2, -0.15) is 0 Å². The van der Waals surface area contributed by atoms with Crippen molar-refractivity contribution in [1.29, 1.82) is 0 Å². The fraction of sp³-hybridized carbons (Fsp3) is 0.150. The number of rotatable bonds is 5. The summed E-state index contributed by atoms with van der Waals surface area (Å²) in [6.45, 7) is 0.0772. The van der Waals surface area contributed by atoms with Gasteiger partial charge < -0.3 is 18.9 Å². The number of carbonyl (C=O) groups is 1. The van der Waals surface area contributed by atoms with Gasteiger partial charge in [0.25, 0.3) is 10.0 Å². The molecule has 9 heteroatoms. The zero-order valence-corrected chi connectivity index (χ0v) is 16.4. The Kier molecular flexibility index (Phi) is 4.67. The smallest absolute Gasteiger partial charge is 0.340 e. The van der Waals surface area contributed by atoms with Crippen LogP contribution in [-0.2, 0) is 14.8 Å². The van der Waals surface area contributed by atoms with E-state index >= 15 is 0 Å². The van der Waals surface area contributed by atoms with Crippen molar-refractivity contribution in [3.05, 3.63) is 60.3 Å². The highest BCUT2D eigenvalue weighted by Gasteiger charge is 2.27. The SMILES string of the molecule is COC(=O)c1ccn(S(=O)(=O)c2ccc(OC)cc2)c1-c1ccc2c(c1)OCO2. The molecule has 0 aliphatic carbocycles. The van der Waals surface area contributed by atoms with Gasteiger partial charge in [-0.25, -0.2) is 17.2 Å². The summed E-state index contributed by atoms with van der Waals surface area (Å²) in [5.41, 5.74) is 0.756. The Morgan fingerprint density at radius 3 is 2.41 bits per heavy atom. The minimum atomic E-state index is -4.00. The molecule has 29 heavy (non-hydrogen) atoms. The number of carbonyl (C=O) groups excluding carboxylic acids is 1. The summed E-state index contributed by atoms with van der Waals surface area (Å²) in [6, 6.07) is 12.4. The fourth-order valence-corrected chi connectivity index (χ4v) is 4.45. The van der Waals surface area contributed by atoms with E-state index in [1.165, 1.54) is 38.6 Å². The van der Waals surface area contributed by atoms with E-state index in [1.54, 1.807) is 30.3 Å². The first-order chi connectivity index (χ1) is 14.0. The number of nitrogens with zero attached hydrogens (tertiary/aromatic N) is 1. The molecule has 1 aromatic heterocycles. The van der Waals surface area contributed by atoms with Crippen molar-refractivity contribution in [3.8, 4) is 28.5 Å². The predicted molar refractivity (Wildman–Crippen MR) is 103 cm³/mol. The third-order valence-electron chi connectivity index (χ3n) is 4.52. The summed E-state index contributed by atoms with van der Waals surface area (Å²) in [7, 11) is -1.26. The van der Waals surface area contributed by atoms with Crippen molar-refractivity contribution in [3.63, 3.8) is 0 Å². The molecule has 1 aliphatic rings. The van der Waals surface area contributed by atoms with Crippen molar-refractivity contribution in [1.82, 2.24) is 3.97 Å². The highest BCUT2D eigenvalue weighted by molar-refractivity contribution is 7.90. The monoisotopic (exact) mass is 415 g/mol. The van der Waals surface area contributed by atoms with Crippen LogP contribution in [0, 0.1) is 0 Å². The van der Waals surface area contributed by atoms with Gasteiger partial charge in [-0.15, -0.1) is 0 Å². The number of aromatic nitrogens is 1. The molecule has 2 aromatic carbocycles. The van der Waals surface area contributed by atoms with Gasteiger partial charge in [0, 0.05) is 11.8 Å². The standard InChI is InChI=1S/C20H17NO7S/c1-25-14-4-6-15(7-5-14)29(23,24)21-10-9-16(20(22)26-2)19(21)13-3-8-17-18(11-13)28-12-27-17/h3-11H,12H2,1-2H3. The van der Waals surface area contributed by atoms with Crippen molar-refractivity contribution < 1.29 is 32.2 Å². The van der Waals surface area contributed by atoms with E-state index in [0.717, 1.165) is 3.97 Å². The highest BCUT2D eigenvalue weighted by Crippen LogP contribution is 2.38. The first-order valence-electron chi connectivity index (χ1n) is 8.55. The zero-order valence-electron chi connectivity index (χ0n) is 15.6. The third kappa shape index (κ3) is 3.19. The van der Waals surface area contributed by atoms with Crippen LogP contribution >= 0.6 is 0 Å². The summed E-state index contributed by atoms with van der Waals surface area (Å²) in [5.74, 6) is 0.890. The number of hydrogen-bond donors (Lipinski definition) is 0. The minimum absolute atomic E-state index is 0.0484. The highest BCUT2D eigenvalue weighted by atomic mass is 32.2. The lowest BCUT2D eigenvalue weighted by Gasteiger charge is -2.13. The van der Waals surface area contributed by atoms with Crippen LogP contribution in [0.15, 0.2) is 59.6 Å². The van der Waals surface area contributed by atoms with Crippen LogP contribution in [0.3, 0.4) is 0 Å². The summed E-state index contributed by atoms with van der Waals surface area (Å²) < 4.78 is 48.3. The van der Waals surface area contributed by atoms with Gasteiger partial charge in [-0.1, -0.05) is 0 Å². The van der Waals surface area contributed by atoms with Gasteiger partial charge in [0.2, 0.25) is 6.79 Å². The van der Waals surface area contributed by atoms with Crippen molar-refractivity contribution in [2.45, 2.75) is 4.90 Å². The van der Waals surface area contributed by atoms with E-state index in [0.29, 0.717) is 22.8 Å². The topological polar surface area (TPSA) is 93.1 Å². The Balaban J connectivity index is 1.90.